The molecule has 0 aromatic rings. The molecular formula is C13H32N2O2. The van der Waals surface area contributed by atoms with Crippen molar-refractivity contribution in [2.24, 2.45) is 28.6 Å². The van der Waals surface area contributed by atoms with E-state index in [1.165, 1.54) is 12.8 Å². The summed E-state index contributed by atoms with van der Waals surface area (Å²) in [6.07, 6.45) is 7.75. The van der Waals surface area contributed by atoms with Crippen LogP contribution in [0.15, 0.2) is 0 Å². The average molecular weight is 248 g/mol. The Bertz CT molecular complexity index is 242. The Morgan fingerprint density at radius 2 is 1.18 bits per heavy atom. The Balaban J connectivity index is 0. The van der Waals surface area contributed by atoms with E-state index in [9.17, 15) is 0 Å². The van der Waals surface area contributed by atoms with Crippen molar-refractivity contribution < 1.29 is 11.0 Å². The molecule has 106 valence electrons. The van der Waals surface area contributed by atoms with Gasteiger partial charge in [-0.15, -0.1) is 0 Å². The predicted molar refractivity (Wildman–Crippen MR) is 72.7 cm³/mol. The van der Waals surface area contributed by atoms with Gasteiger partial charge in [-0.3, -0.25) is 0 Å². The Labute approximate surface area is 105 Å². The fourth-order valence-electron chi connectivity index (χ4n) is 4.86. The maximum absolute atomic E-state index is 2.57. The Morgan fingerprint density at radius 1 is 0.765 bits per heavy atom. The summed E-state index contributed by atoms with van der Waals surface area (Å²) in [7, 11) is 0. The van der Waals surface area contributed by atoms with Gasteiger partial charge in [-0.25, -0.2) is 0 Å². The lowest BCUT2D eigenvalue weighted by Crippen LogP contribution is -2.56. The minimum atomic E-state index is 0. The van der Waals surface area contributed by atoms with Crippen LogP contribution in [0.3, 0.4) is 0 Å². The van der Waals surface area contributed by atoms with Crippen molar-refractivity contribution in [2.45, 2.75) is 52.9 Å². The lowest BCUT2D eigenvalue weighted by Gasteiger charge is -2.65. The third kappa shape index (κ3) is 2.24. The Kier molecular flexibility index (Phi) is 5.90. The molecule has 0 heterocycles. The van der Waals surface area contributed by atoms with Crippen molar-refractivity contribution in [3.63, 3.8) is 0 Å². The number of hydrogen-bond acceptors (Lipinski definition) is 2. The van der Waals surface area contributed by atoms with Gasteiger partial charge < -0.3 is 23.3 Å². The van der Waals surface area contributed by atoms with Gasteiger partial charge in [0, 0.05) is 0 Å². The Hall–Kier alpha value is -0.160. The van der Waals surface area contributed by atoms with Crippen LogP contribution in [0.4, 0.5) is 0 Å². The first kappa shape index (κ1) is 19.2. The molecule has 4 heteroatoms. The quantitative estimate of drug-likeness (QED) is 0.681. The van der Waals surface area contributed by atoms with Crippen LogP contribution in [0.25, 0.3) is 0 Å². The van der Waals surface area contributed by atoms with Gasteiger partial charge in [0.05, 0.1) is 0 Å². The lowest BCUT2D eigenvalue weighted by atomic mass is 9.40. The zero-order chi connectivity index (χ0) is 9.27. The molecule has 4 aliphatic rings. The van der Waals surface area contributed by atoms with Crippen LogP contribution in [-0.4, -0.2) is 11.0 Å². The first-order valence-electron chi connectivity index (χ1n) is 6.01. The van der Waals surface area contributed by atoms with E-state index in [2.05, 4.69) is 20.8 Å². The van der Waals surface area contributed by atoms with Gasteiger partial charge in [-0.2, -0.15) is 0 Å². The maximum atomic E-state index is 2.57. The van der Waals surface area contributed by atoms with Crippen LogP contribution in [0.1, 0.15) is 52.9 Å². The zero-order valence-electron chi connectivity index (χ0n) is 11.7. The SMILES string of the molecule is CC12CC3CC(CC(C3)C1(C)C)C2.N.N.O.O. The molecule has 2 atom stereocenters. The van der Waals surface area contributed by atoms with Crippen molar-refractivity contribution in [3.05, 3.63) is 0 Å². The van der Waals surface area contributed by atoms with E-state index >= 15 is 0 Å². The molecule has 0 amide bonds. The maximum Gasteiger partial charge on any atom is -0.0267 e. The lowest BCUT2D eigenvalue weighted by molar-refractivity contribution is -0.149. The van der Waals surface area contributed by atoms with Crippen LogP contribution in [0.2, 0.25) is 0 Å². The van der Waals surface area contributed by atoms with Crippen molar-refractivity contribution in [3.8, 4) is 0 Å². The fraction of sp³-hybridized carbons (Fsp3) is 1.00. The van der Waals surface area contributed by atoms with E-state index in [0.717, 1.165) is 17.8 Å². The standard InChI is InChI=1S/C13H22.2H3N.2H2O/c1-12(2)11-5-9-4-10(6-11)8-13(12,3)7-9;;;;/h9-11H,4-8H2,1-3H3;2*1H3;2*1H2. The molecule has 0 aromatic heterocycles. The van der Waals surface area contributed by atoms with Crippen LogP contribution in [0.5, 0.6) is 0 Å². The summed E-state index contributed by atoms with van der Waals surface area (Å²) in [6.45, 7) is 7.64. The van der Waals surface area contributed by atoms with E-state index in [-0.39, 0.29) is 23.3 Å². The molecule has 4 bridgehead atoms. The summed E-state index contributed by atoms with van der Waals surface area (Å²) in [5, 5.41) is 0. The molecule has 4 nitrogen and oxygen atoms in total. The zero-order valence-corrected chi connectivity index (χ0v) is 11.7. The van der Waals surface area contributed by atoms with E-state index < -0.39 is 0 Å². The number of hydrogen-bond donors (Lipinski definition) is 2. The largest absolute Gasteiger partial charge is 0.412 e. The summed E-state index contributed by atoms with van der Waals surface area (Å²) < 4.78 is 0. The molecular weight excluding hydrogens is 216 g/mol. The third-order valence-corrected chi connectivity index (χ3v) is 5.96. The van der Waals surface area contributed by atoms with Crippen molar-refractivity contribution >= 4 is 0 Å². The highest BCUT2D eigenvalue weighted by molar-refractivity contribution is 5.08. The molecule has 4 fully saturated rings. The minimum absolute atomic E-state index is 0. The van der Waals surface area contributed by atoms with E-state index in [1.54, 1.807) is 19.3 Å². The summed E-state index contributed by atoms with van der Waals surface area (Å²) in [5.74, 6) is 3.27. The first-order chi connectivity index (χ1) is 6.01. The predicted octanol–water partition coefficient (Wildman–Crippen LogP) is 2.53. The third-order valence-electron chi connectivity index (χ3n) is 5.96. The van der Waals surface area contributed by atoms with Crippen molar-refractivity contribution in [1.82, 2.24) is 12.3 Å². The monoisotopic (exact) mass is 248 g/mol. The summed E-state index contributed by atoms with van der Waals surface area (Å²) in [4.78, 5) is 0. The van der Waals surface area contributed by atoms with Gasteiger partial charge in [0.15, 0.2) is 0 Å². The molecule has 0 radical (unpaired) electrons. The minimum Gasteiger partial charge on any atom is -0.412 e. The summed E-state index contributed by atoms with van der Waals surface area (Å²) in [5.41, 5.74) is 1.34. The van der Waals surface area contributed by atoms with Gasteiger partial charge in [0.1, 0.15) is 0 Å². The highest BCUT2D eigenvalue weighted by Gasteiger charge is 2.58. The molecule has 4 aliphatic carbocycles. The van der Waals surface area contributed by atoms with E-state index in [4.69, 9.17) is 0 Å². The van der Waals surface area contributed by atoms with Gasteiger partial charge >= 0.3 is 0 Å². The highest BCUT2D eigenvalue weighted by atomic mass is 16.0. The topological polar surface area (TPSA) is 133 Å². The summed E-state index contributed by atoms with van der Waals surface area (Å²) >= 11 is 0. The smallest absolute Gasteiger partial charge is 0.0267 e. The highest BCUT2D eigenvalue weighted by Crippen LogP contribution is 2.67. The molecule has 4 rings (SSSR count). The molecule has 10 N–H and O–H groups in total. The van der Waals surface area contributed by atoms with E-state index in [1.807, 2.05) is 0 Å². The average Bonchev–Trinajstić information content (AvgIpc) is 1.99. The van der Waals surface area contributed by atoms with Gasteiger partial charge in [-0.1, -0.05) is 20.8 Å². The molecule has 0 saturated heterocycles. The van der Waals surface area contributed by atoms with Crippen LogP contribution < -0.4 is 12.3 Å². The first-order valence-corrected chi connectivity index (χ1v) is 6.01. The molecule has 4 saturated carbocycles. The van der Waals surface area contributed by atoms with Gasteiger partial charge in [0.2, 0.25) is 0 Å². The summed E-state index contributed by atoms with van der Waals surface area (Å²) in [6, 6.07) is 0. The van der Waals surface area contributed by atoms with Gasteiger partial charge in [-0.05, 0) is 60.7 Å². The van der Waals surface area contributed by atoms with E-state index in [0.29, 0.717) is 10.8 Å². The second-order valence-corrected chi connectivity index (χ2v) is 6.83. The van der Waals surface area contributed by atoms with Crippen LogP contribution in [0, 0.1) is 28.6 Å². The molecule has 0 aromatic carbocycles. The number of rotatable bonds is 0. The molecule has 0 aliphatic heterocycles. The molecule has 17 heavy (non-hydrogen) atoms. The van der Waals surface area contributed by atoms with Gasteiger partial charge in [0.25, 0.3) is 0 Å². The van der Waals surface area contributed by atoms with Crippen molar-refractivity contribution in [1.29, 1.82) is 0 Å². The molecule has 2 unspecified atom stereocenters. The normalized spacial score (nSPS) is 43.6. The second kappa shape index (κ2) is 5.22. The Morgan fingerprint density at radius 3 is 1.53 bits per heavy atom. The van der Waals surface area contributed by atoms with Crippen LogP contribution >= 0.6 is 0 Å². The molecule has 0 spiro atoms. The fourth-order valence-corrected chi connectivity index (χ4v) is 4.86. The van der Waals surface area contributed by atoms with Crippen LogP contribution in [-0.2, 0) is 0 Å². The van der Waals surface area contributed by atoms with Crippen molar-refractivity contribution in [2.75, 3.05) is 0 Å². The second-order valence-electron chi connectivity index (χ2n) is 6.83.